The summed E-state index contributed by atoms with van der Waals surface area (Å²) in [6.07, 6.45) is 7.80. The van der Waals surface area contributed by atoms with Gasteiger partial charge in [0.15, 0.2) is 0 Å². The maximum atomic E-state index is 12.0. The van der Waals surface area contributed by atoms with Crippen LogP contribution < -0.4 is 5.32 Å². The number of hydrogen-bond acceptors (Lipinski definition) is 3. The number of nitrogens with one attached hydrogen (secondary N) is 1. The van der Waals surface area contributed by atoms with Crippen LogP contribution in [0.4, 0.5) is 0 Å². The number of rotatable bonds is 3. The Balaban J connectivity index is 1.68. The van der Waals surface area contributed by atoms with Crippen LogP contribution in [0.25, 0.3) is 0 Å². The maximum absolute atomic E-state index is 12.0. The molecule has 4 nitrogen and oxygen atoms in total. The Hall–Kier alpha value is -0.870. The Kier molecular flexibility index (Phi) is 4.57. The monoisotopic (exact) mass is 237 g/mol. The average Bonchev–Trinajstić information content (AvgIpc) is 2.38. The number of nitrogens with zero attached hydrogens (tertiary/aromatic N) is 2. The van der Waals surface area contributed by atoms with Gasteiger partial charge in [-0.1, -0.05) is 12.2 Å². The number of likely N-dealkylation sites (N-methyl/N-ethyl adjacent to an activating group) is 1. The minimum Gasteiger partial charge on any atom is -0.339 e. The van der Waals surface area contributed by atoms with Crippen LogP contribution in [0.5, 0.6) is 0 Å². The molecular formula is C13H23N3O. The van der Waals surface area contributed by atoms with Gasteiger partial charge in [-0.2, -0.15) is 0 Å². The van der Waals surface area contributed by atoms with Crippen LogP contribution in [-0.2, 0) is 4.79 Å². The van der Waals surface area contributed by atoms with E-state index in [1.807, 2.05) is 4.90 Å². The van der Waals surface area contributed by atoms with Gasteiger partial charge < -0.3 is 15.1 Å². The van der Waals surface area contributed by atoms with E-state index in [1.54, 1.807) is 0 Å². The predicted molar refractivity (Wildman–Crippen MR) is 68.9 cm³/mol. The van der Waals surface area contributed by atoms with E-state index in [1.165, 1.54) is 0 Å². The summed E-state index contributed by atoms with van der Waals surface area (Å²) in [7, 11) is 2.11. The van der Waals surface area contributed by atoms with Crippen molar-refractivity contribution in [3.8, 4) is 0 Å². The first-order valence-electron chi connectivity index (χ1n) is 6.60. The van der Waals surface area contributed by atoms with Gasteiger partial charge in [0.1, 0.15) is 0 Å². The fourth-order valence-corrected chi connectivity index (χ4v) is 2.38. The summed E-state index contributed by atoms with van der Waals surface area (Å²) in [5, 5.41) is 3.37. The maximum Gasteiger partial charge on any atom is 0.236 e. The quantitative estimate of drug-likeness (QED) is 0.724. The molecule has 1 N–H and O–H groups in total. The normalized spacial score (nSPS) is 26.2. The third kappa shape index (κ3) is 3.82. The first-order chi connectivity index (χ1) is 8.25. The van der Waals surface area contributed by atoms with Gasteiger partial charge in [-0.05, 0) is 26.3 Å². The topological polar surface area (TPSA) is 35.6 Å². The summed E-state index contributed by atoms with van der Waals surface area (Å²) in [4.78, 5) is 16.2. The van der Waals surface area contributed by atoms with Gasteiger partial charge in [0.05, 0.1) is 6.54 Å². The molecule has 0 spiro atoms. The second kappa shape index (κ2) is 6.17. The number of carbonyl (C=O) groups is 1. The van der Waals surface area contributed by atoms with Crippen molar-refractivity contribution in [2.75, 3.05) is 39.8 Å². The second-order valence-corrected chi connectivity index (χ2v) is 5.05. The Morgan fingerprint density at radius 1 is 1.29 bits per heavy atom. The van der Waals surface area contributed by atoms with Crippen molar-refractivity contribution in [2.45, 2.75) is 25.3 Å². The molecule has 0 saturated carbocycles. The predicted octanol–water partition coefficient (Wildman–Crippen LogP) is 0.459. The van der Waals surface area contributed by atoms with Crippen molar-refractivity contribution in [3.05, 3.63) is 12.2 Å². The van der Waals surface area contributed by atoms with E-state index in [0.717, 1.165) is 45.4 Å². The van der Waals surface area contributed by atoms with Crippen molar-refractivity contribution in [2.24, 2.45) is 0 Å². The van der Waals surface area contributed by atoms with E-state index in [9.17, 15) is 4.79 Å². The molecular weight excluding hydrogens is 214 g/mol. The molecule has 1 fully saturated rings. The summed E-state index contributed by atoms with van der Waals surface area (Å²) >= 11 is 0. The van der Waals surface area contributed by atoms with Crippen LogP contribution >= 0.6 is 0 Å². The van der Waals surface area contributed by atoms with Gasteiger partial charge in [-0.15, -0.1) is 0 Å². The molecule has 1 aliphatic carbocycles. The third-order valence-electron chi connectivity index (χ3n) is 3.67. The molecule has 1 unspecified atom stereocenters. The van der Waals surface area contributed by atoms with E-state index in [0.29, 0.717) is 12.6 Å². The highest BCUT2D eigenvalue weighted by Gasteiger charge is 2.19. The Morgan fingerprint density at radius 2 is 2.06 bits per heavy atom. The summed E-state index contributed by atoms with van der Waals surface area (Å²) in [5.41, 5.74) is 0. The van der Waals surface area contributed by atoms with Crippen LogP contribution in [0.2, 0.25) is 0 Å². The van der Waals surface area contributed by atoms with Crippen LogP contribution in [0.1, 0.15) is 19.3 Å². The molecule has 1 aliphatic heterocycles. The molecule has 17 heavy (non-hydrogen) atoms. The highest BCUT2D eigenvalue weighted by Crippen LogP contribution is 2.10. The molecule has 0 radical (unpaired) electrons. The lowest BCUT2D eigenvalue weighted by molar-refractivity contribution is -0.131. The van der Waals surface area contributed by atoms with Crippen LogP contribution in [0, 0.1) is 0 Å². The second-order valence-electron chi connectivity index (χ2n) is 5.05. The summed E-state index contributed by atoms with van der Waals surface area (Å²) in [6, 6.07) is 0.497. The zero-order valence-electron chi connectivity index (χ0n) is 10.7. The van der Waals surface area contributed by atoms with Gasteiger partial charge in [0, 0.05) is 32.2 Å². The number of carbonyl (C=O) groups excluding carboxylic acids is 1. The lowest BCUT2D eigenvalue weighted by Gasteiger charge is -2.33. The molecule has 1 amide bonds. The van der Waals surface area contributed by atoms with Crippen molar-refractivity contribution in [1.82, 2.24) is 15.1 Å². The molecule has 1 heterocycles. The summed E-state index contributed by atoms with van der Waals surface area (Å²) < 4.78 is 0. The standard InChI is InChI=1S/C13H23N3O/c1-15-7-9-16(10-8-15)13(17)11-14-12-5-3-2-4-6-12/h2-3,12,14H,4-11H2,1H3. The van der Waals surface area contributed by atoms with Gasteiger partial charge in [0.25, 0.3) is 0 Å². The van der Waals surface area contributed by atoms with E-state index < -0.39 is 0 Å². The highest BCUT2D eigenvalue weighted by molar-refractivity contribution is 5.78. The fourth-order valence-electron chi connectivity index (χ4n) is 2.38. The molecule has 0 bridgehead atoms. The van der Waals surface area contributed by atoms with E-state index >= 15 is 0 Å². The average molecular weight is 237 g/mol. The number of piperazine rings is 1. The van der Waals surface area contributed by atoms with Crippen molar-refractivity contribution in [3.63, 3.8) is 0 Å². The Morgan fingerprint density at radius 3 is 2.71 bits per heavy atom. The van der Waals surface area contributed by atoms with Crippen LogP contribution in [0.3, 0.4) is 0 Å². The number of allylic oxidation sites excluding steroid dienone is 1. The van der Waals surface area contributed by atoms with Gasteiger partial charge in [-0.25, -0.2) is 0 Å². The van der Waals surface area contributed by atoms with Crippen LogP contribution in [0.15, 0.2) is 12.2 Å². The molecule has 1 atom stereocenters. The van der Waals surface area contributed by atoms with Crippen LogP contribution in [-0.4, -0.2) is 61.5 Å². The molecule has 2 rings (SSSR count). The van der Waals surface area contributed by atoms with E-state index in [-0.39, 0.29) is 5.91 Å². The van der Waals surface area contributed by atoms with E-state index in [2.05, 4.69) is 29.4 Å². The Labute approximate surface area is 104 Å². The molecule has 1 saturated heterocycles. The highest BCUT2D eigenvalue weighted by atomic mass is 16.2. The van der Waals surface area contributed by atoms with Gasteiger partial charge in [-0.3, -0.25) is 4.79 Å². The summed E-state index contributed by atoms with van der Waals surface area (Å²) in [5.74, 6) is 0.257. The smallest absolute Gasteiger partial charge is 0.236 e. The molecule has 0 aromatic rings. The Bertz CT molecular complexity index is 282. The van der Waals surface area contributed by atoms with Crippen molar-refractivity contribution < 1.29 is 4.79 Å². The third-order valence-corrected chi connectivity index (χ3v) is 3.67. The van der Waals surface area contributed by atoms with Gasteiger partial charge in [0.2, 0.25) is 5.91 Å². The molecule has 0 aromatic heterocycles. The first kappa shape index (κ1) is 12.6. The fraction of sp³-hybridized carbons (Fsp3) is 0.769. The minimum absolute atomic E-state index is 0.257. The van der Waals surface area contributed by atoms with E-state index in [4.69, 9.17) is 0 Å². The lowest BCUT2D eigenvalue weighted by atomic mass is 10.0. The molecule has 96 valence electrons. The largest absolute Gasteiger partial charge is 0.339 e. The first-order valence-corrected chi connectivity index (χ1v) is 6.60. The molecule has 0 aromatic carbocycles. The zero-order valence-corrected chi connectivity index (χ0v) is 10.7. The van der Waals surface area contributed by atoms with Crippen molar-refractivity contribution in [1.29, 1.82) is 0 Å². The molecule has 2 aliphatic rings. The summed E-state index contributed by atoms with van der Waals surface area (Å²) in [6.45, 7) is 4.25. The minimum atomic E-state index is 0.257. The number of amides is 1. The van der Waals surface area contributed by atoms with Gasteiger partial charge >= 0.3 is 0 Å². The number of hydrogen-bond donors (Lipinski definition) is 1. The van der Waals surface area contributed by atoms with Crippen molar-refractivity contribution >= 4 is 5.91 Å². The molecule has 4 heteroatoms. The lowest BCUT2D eigenvalue weighted by Crippen LogP contribution is -2.50. The SMILES string of the molecule is CN1CCN(C(=O)CNC2CC=CCC2)CC1. The zero-order chi connectivity index (χ0) is 12.1.